The number of aromatic nitrogens is 1. The number of rotatable bonds is 5. The number of fused-ring (bicyclic) bond motifs is 1. The van der Waals surface area contributed by atoms with Gasteiger partial charge in [-0.25, -0.2) is 4.79 Å². The number of Topliss-reactive ketones (excluding diaryl/α,β-unsaturated/α-hetero) is 1. The lowest BCUT2D eigenvalue weighted by Gasteiger charge is -2.31. The van der Waals surface area contributed by atoms with E-state index in [2.05, 4.69) is 29.6 Å². The fourth-order valence-corrected chi connectivity index (χ4v) is 3.03. The van der Waals surface area contributed by atoms with Crippen LogP contribution in [-0.4, -0.2) is 39.7 Å². The average Bonchev–Trinajstić information content (AvgIpc) is 2.77. The molecule has 1 aliphatic rings. The molecule has 0 saturated heterocycles. The molecule has 0 fully saturated rings. The van der Waals surface area contributed by atoms with Crippen molar-refractivity contribution in [3.05, 3.63) is 46.8 Å². The lowest BCUT2D eigenvalue weighted by molar-refractivity contribution is -0.184. The van der Waals surface area contributed by atoms with Gasteiger partial charge in [-0.05, 0) is 31.9 Å². The van der Waals surface area contributed by atoms with E-state index in [0.717, 1.165) is 26.0 Å². The number of allylic oxidation sites excluding steroid dienone is 3. The average molecular weight is 359 g/mol. The molecule has 6 nitrogen and oxygen atoms in total. The molecular formula is C20H25NO5. The molecule has 1 heterocycles. The van der Waals surface area contributed by atoms with E-state index < -0.39 is 23.0 Å². The van der Waals surface area contributed by atoms with Crippen LogP contribution in [0, 0.1) is 5.92 Å². The van der Waals surface area contributed by atoms with Crippen LogP contribution in [0.1, 0.15) is 55.7 Å². The summed E-state index contributed by atoms with van der Waals surface area (Å²) in [7, 11) is 1.09. The maximum atomic E-state index is 12.4. The van der Waals surface area contributed by atoms with Crippen molar-refractivity contribution < 1.29 is 24.5 Å². The molecule has 2 rings (SSSR count). The van der Waals surface area contributed by atoms with Crippen LogP contribution in [0.5, 0.6) is 0 Å². The number of methoxy groups -OCH3 is 1. The van der Waals surface area contributed by atoms with E-state index in [1.54, 1.807) is 6.08 Å². The minimum Gasteiger partial charge on any atom is -0.467 e. The van der Waals surface area contributed by atoms with E-state index in [1.807, 2.05) is 13.0 Å². The van der Waals surface area contributed by atoms with Crippen LogP contribution >= 0.6 is 0 Å². The van der Waals surface area contributed by atoms with Crippen molar-refractivity contribution in [2.75, 3.05) is 7.11 Å². The number of pyridine rings is 1. The number of ketones is 1. The van der Waals surface area contributed by atoms with Crippen molar-refractivity contribution in [1.29, 1.82) is 0 Å². The maximum absolute atomic E-state index is 12.4. The highest BCUT2D eigenvalue weighted by atomic mass is 16.5. The van der Waals surface area contributed by atoms with Crippen molar-refractivity contribution in [2.24, 2.45) is 5.92 Å². The first-order valence-electron chi connectivity index (χ1n) is 8.54. The quantitative estimate of drug-likeness (QED) is 0.619. The Morgan fingerprint density at radius 1 is 1.42 bits per heavy atom. The molecule has 0 saturated carbocycles. The molecule has 1 aliphatic carbocycles. The van der Waals surface area contributed by atoms with E-state index in [1.165, 1.54) is 12.3 Å². The summed E-state index contributed by atoms with van der Waals surface area (Å²) in [4.78, 5) is 28.7. The molecule has 0 aliphatic heterocycles. The molecule has 1 aromatic heterocycles. The van der Waals surface area contributed by atoms with Crippen LogP contribution in [0.15, 0.2) is 30.0 Å². The normalized spacial score (nSPS) is 26.9. The van der Waals surface area contributed by atoms with E-state index in [9.17, 15) is 19.8 Å². The molecule has 6 heteroatoms. The molecule has 0 spiro atoms. The van der Waals surface area contributed by atoms with Gasteiger partial charge in [0.25, 0.3) is 0 Å². The lowest BCUT2D eigenvalue weighted by Crippen LogP contribution is -2.55. The largest absolute Gasteiger partial charge is 0.467 e. The van der Waals surface area contributed by atoms with E-state index in [-0.39, 0.29) is 11.1 Å². The van der Waals surface area contributed by atoms with Crippen molar-refractivity contribution in [2.45, 2.75) is 45.3 Å². The third-order valence-corrected chi connectivity index (χ3v) is 4.90. The summed E-state index contributed by atoms with van der Waals surface area (Å²) >= 11 is 0. The van der Waals surface area contributed by atoms with Crippen LogP contribution < -0.4 is 0 Å². The fourth-order valence-electron chi connectivity index (χ4n) is 3.03. The van der Waals surface area contributed by atoms with Gasteiger partial charge in [-0.1, -0.05) is 38.0 Å². The highest BCUT2D eigenvalue weighted by Gasteiger charge is 2.65. The Kier molecular flexibility index (Phi) is 5.49. The molecule has 0 amide bonds. The van der Waals surface area contributed by atoms with Crippen LogP contribution in [-0.2, 0) is 15.1 Å². The number of hydrogen-bond acceptors (Lipinski definition) is 6. The third-order valence-electron chi connectivity index (χ3n) is 4.90. The minimum absolute atomic E-state index is 0.00226. The second kappa shape index (κ2) is 7.13. The molecule has 1 aromatic rings. The number of ether oxygens (including phenoxy) is 1. The Balaban J connectivity index is 2.48. The van der Waals surface area contributed by atoms with Gasteiger partial charge in [-0.15, -0.1) is 0 Å². The van der Waals surface area contributed by atoms with Gasteiger partial charge < -0.3 is 14.9 Å². The van der Waals surface area contributed by atoms with E-state index in [4.69, 9.17) is 0 Å². The fraction of sp³-hybridized carbons (Fsp3) is 0.450. The number of nitrogens with zero attached hydrogens (tertiary/aromatic N) is 1. The zero-order valence-electron chi connectivity index (χ0n) is 15.7. The molecule has 0 aromatic carbocycles. The molecule has 0 bridgehead atoms. The summed E-state index contributed by atoms with van der Waals surface area (Å²) in [6, 6.07) is 1.43. The third kappa shape index (κ3) is 3.10. The number of hydrogen-bond donors (Lipinski definition) is 2. The van der Waals surface area contributed by atoms with Gasteiger partial charge in [0.15, 0.2) is 11.4 Å². The summed E-state index contributed by atoms with van der Waals surface area (Å²) in [5.41, 5.74) is -3.29. The Hall–Kier alpha value is -2.31. The zero-order valence-corrected chi connectivity index (χ0v) is 15.7. The number of carbonyl (C=O) groups is 2. The second-order valence-corrected chi connectivity index (χ2v) is 6.89. The van der Waals surface area contributed by atoms with Crippen LogP contribution in [0.4, 0.5) is 0 Å². The minimum atomic E-state index is -2.47. The predicted molar refractivity (Wildman–Crippen MR) is 97.4 cm³/mol. The summed E-state index contributed by atoms with van der Waals surface area (Å²) in [6.07, 6.45) is 8.02. The smallest absolute Gasteiger partial charge is 0.346 e. The SMILES string of the molecule is CC[C@H](C)/C=C(C)/C=C/c1cc2c(cn1)C(=O)[C@](C)(O)[C@]2(O)C(=O)OC. The van der Waals surface area contributed by atoms with Gasteiger partial charge in [-0.3, -0.25) is 9.78 Å². The first-order valence-corrected chi connectivity index (χ1v) is 8.54. The van der Waals surface area contributed by atoms with Gasteiger partial charge in [-0.2, -0.15) is 0 Å². The Labute approximate surface area is 153 Å². The Morgan fingerprint density at radius 2 is 2.08 bits per heavy atom. The Bertz CT molecular complexity index is 793. The first-order chi connectivity index (χ1) is 12.1. The van der Waals surface area contributed by atoms with Crippen molar-refractivity contribution in [1.82, 2.24) is 4.98 Å². The van der Waals surface area contributed by atoms with Crippen molar-refractivity contribution in [3.63, 3.8) is 0 Å². The number of aliphatic hydroxyl groups is 2. The highest BCUT2D eigenvalue weighted by Crippen LogP contribution is 2.45. The monoisotopic (exact) mass is 359 g/mol. The van der Waals surface area contributed by atoms with Crippen LogP contribution in [0.3, 0.4) is 0 Å². The van der Waals surface area contributed by atoms with Gasteiger partial charge in [0.05, 0.1) is 12.8 Å². The molecule has 0 radical (unpaired) electrons. The molecule has 2 N–H and O–H groups in total. The van der Waals surface area contributed by atoms with Gasteiger partial charge >= 0.3 is 5.97 Å². The first kappa shape index (κ1) is 20.0. The van der Waals surface area contributed by atoms with E-state index >= 15 is 0 Å². The van der Waals surface area contributed by atoms with Gasteiger partial charge in [0.2, 0.25) is 5.60 Å². The maximum Gasteiger partial charge on any atom is 0.346 e. The lowest BCUT2D eigenvalue weighted by atomic mass is 9.84. The standard InChI is InChI=1S/C20H25NO5/c1-6-12(2)9-13(3)7-8-14-10-16-15(11-21-14)17(22)19(4,24)20(16,25)18(23)26-5/h7-12,24-25H,6H2,1-5H3/b8-7+,13-9+/t12-,19-,20+/m0/s1. The summed E-state index contributed by atoms with van der Waals surface area (Å²) in [5, 5.41) is 21.3. The highest BCUT2D eigenvalue weighted by molar-refractivity contribution is 6.13. The molecular weight excluding hydrogens is 334 g/mol. The van der Waals surface area contributed by atoms with Crippen LogP contribution in [0.2, 0.25) is 0 Å². The molecule has 0 unspecified atom stereocenters. The number of esters is 1. The van der Waals surface area contributed by atoms with Gasteiger partial charge in [0, 0.05) is 17.3 Å². The van der Waals surface area contributed by atoms with Crippen LogP contribution in [0.25, 0.3) is 6.08 Å². The van der Waals surface area contributed by atoms with Crippen molar-refractivity contribution in [3.8, 4) is 0 Å². The molecule has 140 valence electrons. The summed E-state index contributed by atoms with van der Waals surface area (Å²) in [6.45, 7) is 7.29. The zero-order chi connectivity index (χ0) is 19.7. The molecule has 26 heavy (non-hydrogen) atoms. The number of carbonyl (C=O) groups excluding carboxylic acids is 2. The van der Waals surface area contributed by atoms with E-state index in [0.29, 0.717) is 11.6 Å². The van der Waals surface area contributed by atoms with Crippen molar-refractivity contribution >= 4 is 17.8 Å². The Morgan fingerprint density at radius 3 is 2.65 bits per heavy atom. The topological polar surface area (TPSA) is 96.7 Å². The summed E-state index contributed by atoms with van der Waals surface area (Å²) in [5.74, 6) is -1.41. The summed E-state index contributed by atoms with van der Waals surface area (Å²) < 4.78 is 4.62. The van der Waals surface area contributed by atoms with Gasteiger partial charge in [0.1, 0.15) is 0 Å². The second-order valence-electron chi connectivity index (χ2n) is 6.89. The molecule has 3 atom stereocenters. The predicted octanol–water partition coefficient (Wildman–Crippen LogP) is 2.40.